The van der Waals surface area contributed by atoms with Gasteiger partial charge in [0, 0.05) is 43.8 Å². The van der Waals surface area contributed by atoms with Gasteiger partial charge in [0.15, 0.2) is 5.65 Å². The Labute approximate surface area is 178 Å². The molecule has 156 valence electrons. The zero-order valence-corrected chi connectivity index (χ0v) is 16.8. The molecule has 2 aromatic carbocycles. The number of hydrogen-bond donors (Lipinski definition) is 3. The second-order valence-electron chi connectivity index (χ2n) is 7.42. The molecule has 3 N–H and O–H groups in total. The van der Waals surface area contributed by atoms with Crippen molar-refractivity contribution in [3.63, 3.8) is 0 Å². The maximum absolute atomic E-state index is 12.0. The molecule has 0 radical (unpaired) electrons. The van der Waals surface area contributed by atoms with Gasteiger partial charge in [-0.2, -0.15) is 4.98 Å². The van der Waals surface area contributed by atoms with E-state index in [1.807, 2.05) is 24.3 Å². The molecule has 0 atom stereocenters. The minimum absolute atomic E-state index is 0.159. The van der Waals surface area contributed by atoms with Crippen LogP contribution < -0.4 is 21.2 Å². The van der Waals surface area contributed by atoms with E-state index in [9.17, 15) is 10.0 Å². The van der Waals surface area contributed by atoms with E-state index in [1.54, 1.807) is 12.1 Å². The molecule has 1 saturated heterocycles. The van der Waals surface area contributed by atoms with Gasteiger partial charge < -0.3 is 20.7 Å². The molecule has 8 heteroatoms. The van der Waals surface area contributed by atoms with Gasteiger partial charge in [-0.3, -0.25) is 0 Å². The molecule has 0 amide bonds. The third-order valence-electron chi connectivity index (χ3n) is 5.44. The molecule has 0 saturated carbocycles. The van der Waals surface area contributed by atoms with Crippen LogP contribution >= 0.6 is 0 Å². The Hall–Kier alpha value is -3.91. The number of anilines is 3. The third kappa shape index (κ3) is 3.80. The number of hydrogen-bond acceptors (Lipinski definition) is 7. The van der Waals surface area contributed by atoms with Crippen LogP contribution in [0.5, 0.6) is 0 Å². The number of nitrogens with one attached hydrogen (secondary N) is 2. The fourth-order valence-corrected chi connectivity index (χ4v) is 3.83. The monoisotopic (exact) mass is 414 g/mol. The van der Waals surface area contributed by atoms with Crippen LogP contribution in [-0.4, -0.2) is 46.1 Å². The third-order valence-corrected chi connectivity index (χ3v) is 5.44. The van der Waals surface area contributed by atoms with E-state index in [0.717, 1.165) is 43.0 Å². The van der Waals surface area contributed by atoms with Gasteiger partial charge in [-0.15, -0.1) is 4.73 Å². The second-order valence-corrected chi connectivity index (χ2v) is 7.42. The minimum atomic E-state index is -0.782. The summed E-state index contributed by atoms with van der Waals surface area (Å²) in [6.45, 7) is 4.02. The molecule has 1 fully saturated rings. The number of piperazine rings is 1. The van der Waals surface area contributed by atoms with E-state index >= 15 is 0 Å². The summed E-state index contributed by atoms with van der Waals surface area (Å²) in [5, 5.41) is 17.0. The number of fused-ring (bicyclic) bond motifs is 1. The summed E-state index contributed by atoms with van der Waals surface area (Å²) in [4.78, 5) is 22.4. The highest BCUT2D eigenvalue weighted by atomic mass is 16.5. The molecule has 0 aliphatic carbocycles. The predicted octanol–water partition coefficient (Wildman–Crippen LogP) is 2.85. The summed E-state index contributed by atoms with van der Waals surface area (Å²) in [6, 6.07) is 20.0. The predicted molar refractivity (Wildman–Crippen MR) is 121 cm³/mol. The van der Waals surface area contributed by atoms with Crippen molar-refractivity contribution in [2.45, 2.75) is 0 Å². The Bertz CT molecular complexity index is 1280. The molecule has 1 aliphatic rings. The number of pyridine rings is 1. The second kappa shape index (κ2) is 8.08. The van der Waals surface area contributed by atoms with Crippen LogP contribution in [0.2, 0.25) is 0 Å². The van der Waals surface area contributed by atoms with E-state index in [2.05, 4.69) is 49.8 Å². The number of aromatic nitrogens is 3. The summed E-state index contributed by atoms with van der Waals surface area (Å²) in [5.41, 5.74) is 3.65. The Morgan fingerprint density at radius 1 is 0.968 bits per heavy atom. The lowest BCUT2D eigenvalue weighted by Crippen LogP contribution is -2.43. The van der Waals surface area contributed by atoms with E-state index in [0.29, 0.717) is 15.9 Å². The van der Waals surface area contributed by atoms with Crippen molar-refractivity contribution in [1.29, 1.82) is 0 Å². The van der Waals surface area contributed by atoms with E-state index < -0.39 is 5.69 Å². The summed E-state index contributed by atoms with van der Waals surface area (Å²) in [5.74, 6) is 0.354. The van der Waals surface area contributed by atoms with Crippen LogP contribution in [0.4, 0.5) is 17.2 Å². The number of benzene rings is 2. The van der Waals surface area contributed by atoms with Crippen molar-refractivity contribution in [2.75, 3.05) is 36.4 Å². The summed E-state index contributed by atoms with van der Waals surface area (Å²) < 4.78 is 0.453. The largest absolute Gasteiger partial charge is 0.422 e. The molecule has 3 heterocycles. The lowest BCUT2D eigenvalue weighted by molar-refractivity contribution is 0.182. The molecule has 0 spiro atoms. The SMILES string of the molecule is O=c1nc(Nc2ccc(-c3cccc(N4CCNCC4)c3)cc2)c2cccnc2n1O. The topological polar surface area (TPSA) is 95.3 Å². The molecule has 31 heavy (non-hydrogen) atoms. The van der Waals surface area contributed by atoms with Crippen LogP contribution in [0, 0.1) is 0 Å². The zero-order chi connectivity index (χ0) is 21.2. The van der Waals surface area contributed by atoms with Gasteiger partial charge in [0.05, 0.1) is 5.39 Å². The Kier molecular flexibility index (Phi) is 4.97. The quantitative estimate of drug-likeness (QED) is 0.442. The highest BCUT2D eigenvalue weighted by molar-refractivity contribution is 5.88. The van der Waals surface area contributed by atoms with Gasteiger partial charge in [-0.05, 0) is 47.5 Å². The first-order valence-corrected chi connectivity index (χ1v) is 10.2. The fourth-order valence-electron chi connectivity index (χ4n) is 3.83. The van der Waals surface area contributed by atoms with Gasteiger partial charge in [0.1, 0.15) is 5.82 Å². The van der Waals surface area contributed by atoms with Crippen molar-refractivity contribution < 1.29 is 5.21 Å². The van der Waals surface area contributed by atoms with E-state index in [-0.39, 0.29) is 5.65 Å². The van der Waals surface area contributed by atoms with Crippen molar-refractivity contribution in [3.05, 3.63) is 77.3 Å². The molecule has 2 aromatic heterocycles. The standard InChI is InChI=1S/C23H22N6O2/c30-23-27-21(20-5-2-10-25-22(20)29(23)31)26-18-8-6-16(7-9-18)17-3-1-4-19(15-17)28-13-11-24-12-14-28/h1-10,15,24,31H,11-14H2,(H,26,27,30). The van der Waals surface area contributed by atoms with Gasteiger partial charge in [0.2, 0.25) is 0 Å². The molecule has 5 rings (SSSR count). The number of rotatable bonds is 4. The highest BCUT2D eigenvalue weighted by Crippen LogP contribution is 2.28. The van der Waals surface area contributed by atoms with E-state index in [1.165, 1.54) is 11.9 Å². The molecule has 1 aliphatic heterocycles. The first kappa shape index (κ1) is 19.1. The van der Waals surface area contributed by atoms with Crippen LogP contribution in [0.15, 0.2) is 71.7 Å². The lowest BCUT2D eigenvalue weighted by Gasteiger charge is -2.29. The Balaban J connectivity index is 1.41. The maximum Gasteiger partial charge on any atom is 0.384 e. The Morgan fingerprint density at radius 2 is 1.77 bits per heavy atom. The van der Waals surface area contributed by atoms with Crippen molar-refractivity contribution in [1.82, 2.24) is 20.0 Å². The molecule has 0 unspecified atom stereocenters. The minimum Gasteiger partial charge on any atom is -0.422 e. The first-order chi connectivity index (χ1) is 15.2. The summed E-state index contributed by atoms with van der Waals surface area (Å²) >= 11 is 0. The Morgan fingerprint density at radius 3 is 2.58 bits per heavy atom. The number of nitrogens with zero attached hydrogens (tertiary/aromatic N) is 4. The average Bonchev–Trinajstić information content (AvgIpc) is 2.83. The average molecular weight is 414 g/mol. The zero-order valence-electron chi connectivity index (χ0n) is 16.8. The lowest BCUT2D eigenvalue weighted by atomic mass is 10.0. The highest BCUT2D eigenvalue weighted by Gasteiger charge is 2.12. The van der Waals surface area contributed by atoms with Crippen LogP contribution in [0.1, 0.15) is 0 Å². The molecule has 4 aromatic rings. The van der Waals surface area contributed by atoms with Gasteiger partial charge in [-0.25, -0.2) is 9.78 Å². The van der Waals surface area contributed by atoms with Gasteiger partial charge >= 0.3 is 5.69 Å². The smallest absolute Gasteiger partial charge is 0.384 e. The summed E-state index contributed by atoms with van der Waals surface area (Å²) in [7, 11) is 0. The maximum atomic E-state index is 12.0. The fraction of sp³-hybridized carbons (Fsp3) is 0.174. The van der Waals surface area contributed by atoms with Crippen molar-refractivity contribution in [2.24, 2.45) is 0 Å². The van der Waals surface area contributed by atoms with Crippen LogP contribution in [0.3, 0.4) is 0 Å². The van der Waals surface area contributed by atoms with E-state index in [4.69, 9.17) is 0 Å². The first-order valence-electron chi connectivity index (χ1n) is 10.2. The molecule has 8 nitrogen and oxygen atoms in total. The van der Waals surface area contributed by atoms with Gasteiger partial charge in [0.25, 0.3) is 0 Å². The van der Waals surface area contributed by atoms with Crippen LogP contribution in [-0.2, 0) is 0 Å². The van der Waals surface area contributed by atoms with Crippen molar-refractivity contribution in [3.8, 4) is 11.1 Å². The van der Waals surface area contributed by atoms with Gasteiger partial charge in [-0.1, -0.05) is 24.3 Å². The van der Waals surface area contributed by atoms with Crippen molar-refractivity contribution >= 4 is 28.2 Å². The summed E-state index contributed by atoms with van der Waals surface area (Å²) in [6.07, 6.45) is 1.52. The molecular weight excluding hydrogens is 392 g/mol. The molecular formula is C23H22N6O2. The van der Waals surface area contributed by atoms with Crippen LogP contribution in [0.25, 0.3) is 22.2 Å². The normalized spacial score (nSPS) is 14.0. The molecule has 0 bridgehead atoms.